The summed E-state index contributed by atoms with van der Waals surface area (Å²) in [5.41, 5.74) is 6.00. The van der Waals surface area contributed by atoms with Crippen molar-refractivity contribution in [2.45, 2.75) is 46.1 Å². The normalized spacial score (nSPS) is 14.4. The van der Waals surface area contributed by atoms with E-state index in [0.29, 0.717) is 11.5 Å². The van der Waals surface area contributed by atoms with Crippen molar-refractivity contribution in [1.29, 1.82) is 0 Å². The fraction of sp³-hybridized carbons (Fsp3) is 1.00. The van der Waals surface area contributed by atoms with Crippen molar-refractivity contribution in [3.8, 4) is 0 Å². The standard InChI is InChI=1S/C13H30N2O/c1-12(11-16-5)15(4)10-6-7-13(2,3)8-9-14/h12H,6-11,14H2,1-5H3. The highest BCUT2D eigenvalue weighted by molar-refractivity contribution is 4.70. The van der Waals surface area contributed by atoms with Crippen molar-refractivity contribution in [2.24, 2.45) is 11.1 Å². The molecule has 1 unspecified atom stereocenters. The molecule has 0 amide bonds. The maximum Gasteiger partial charge on any atom is 0.0615 e. The number of ether oxygens (including phenoxy) is 1. The van der Waals surface area contributed by atoms with E-state index < -0.39 is 0 Å². The van der Waals surface area contributed by atoms with Gasteiger partial charge in [0, 0.05) is 13.2 Å². The summed E-state index contributed by atoms with van der Waals surface area (Å²) >= 11 is 0. The summed E-state index contributed by atoms with van der Waals surface area (Å²) in [5.74, 6) is 0. The van der Waals surface area contributed by atoms with Crippen LogP contribution in [0.5, 0.6) is 0 Å². The first-order valence-corrected chi connectivity index (χ1v) is 6.32. The van der Waals surface area contributed by atoms with E-state index in [1.807, 2.05) is 0 Å². The number of likely N-dealkylation sites (N-methyl/N-ethyl adjacent to an activating group) is 1. The maximum atomic E-state index is 5.61. The summed E-state index contributed by atoms with van der Waals surface area (Å²) in [5, 5.41) is 0. The minimum absolute atomic E-state index is 0.389. The summed E-state index contributed by atoms with van der Waals surface area (Å²) in [6.07, 6.45) is 3.59. The Morgan fingerprint density at radius 2 is 1.94 bits per heavy atom. The third kappa shape index (κ3) is 7.20. The molecule has 3 nitrogen and oxygen atoms in total. The highest BCUT2D eigenvalue weighted by atomic mass is 16.5. The third-order valence-electron chi connectivity index (χ3n) is 3.35. The van der Waals surface area contributed by atoms with Gasteiger partial charge >= 0.3 is 0 Å². The van der Waals surface area contributed by atoms with Crippen LogP contribution in [0.1, 0.15) is 40.0 Å². The minimum Gasteiger partial charge on any atom is -0.383 e. The van der Waals surface area contributed by atoms with E-state index in [1.54, 1.807) is 7.11 Å². The lowest BCUT2D eigenvalue weighted by molar-refractivity contribution is 0.112. The van der Waals surface area contributed by atoms with Gasteiger partial charge in [0.2, 0.25) is 0 Å². The second-order valence-corrected chi connectivity index (χ2v) is 5.59. The summed E-state index contributed by atoms with van der Waals surface area (Å²) < 4.78 is 5.15. The average Bonchev–Trinajstić information content (AvgIpc) is 2.17. The molecule has 0 bridgehead atoms. The Labute approximate surface area is 101 Å². The summed E-state index contributed by atoms with van der Waals surface area (Å²) in [6.45, 7) is 9.55. The molecule has 0 fully saturated rings. The van der Waals surface area contributed by atoms with Crippen LogP contribution in [0.2, 0.25) is 0 Å². The molecule has 0 saturated heterocycles. The van der Waals surface area contributed by atoms with Crippen LogP contribution in [0.25, 0.3) is 0 Å². The van der Waals surface area contributed by atoms with Crippen molar-refractivity contribution < 1.29 is 4.74 Å². The molecule has 0 radical (unpaired) electrons. The molecule has 3 heteroatoms. The van der Waals surface area contributed by atoms with E-state index in [4.69, 9.17) is 10.5 Å². The molecular weight excluding hydrogens is 200 g/mol. The first-order chi connectivity index (χ1) is 7.43. The number of nitrogens with two attached hydrogens (primary N) is 1. The fourth-order valence-electron chi connectivity index (χ4n) is 1.91. The van der Waals surface area contributed by atoms with Gasteiger partial charge in [0.25, 0.3) is 0 Å². The molecule has 98 valence electrons. The van der Waals surface area contributed by atoms with Crippen molar-refractivity contribution in [3.05, 3.63) is 0 Å². The zero-order valence-corrected chi connectivity index (χ0v) is 11.8. The minimum atomic E-state index is 0.389. The van der Waals surface area contributed by atoms with E-state index in [1.165, 1.54) is 12.8 Å². The Bertz CT molecular complexity index is 171. The Kier molecular flexibility index (Phi) is 7.98. The first-order valence-electron chi connectivity index (χ1n) is 6.32. The number of rotatable bonds is 9. The van der Waals surface area contributed by atoms with E-state index in [9.17, 15) is 0 Å². The lowest BCUT2D eigenvalue weighted by atomic mass is 9.84. The largest absolute Gasteiger partial charge is 0.383 e. The fourth-order valence-corrected chi connectivity index (χ4v) is 1.91. The van der Waals surface area contributed by atoms with E-state index in [-0.39, 0.29) is 0 Å². The molecule has 0 aromatic heterocycles. The molecule has 0 aromatic carbocycles. The third-order valence-corrected chi connectivity index (χ3v) is 3.35. The number of hydrogen-bond acceptors (Lipinski definition) is 3. The van der Waals surface area contributed by atoms with Crippen LogP contribution >= 0.6 is 0 Å². The highest BCUT2D eigenvalue weighted by Gasteiger charge is 2.17. The molecule has 1 atom stereocenters. The summed E-state index contributed by atoms with van der Waals surface area (Å²) in [6, 6.07) is 0.502. The quantitative estimate of drug-likeness (QED) is 0.659. The zero-order valence-electron chi connectivity index (χ0n) is 11.8. The molecule has 0 aromatic rings. The highest BCUT2D eigenvalue weighted by Crippen LogP contribution is 2.25. The predicted octanol–water partition coefficient (Wildman–Crippen LogP) is 2.11. The molecule has 0 aliphatic heterocycles. The second-order valence-electron chi connectivity index (χ2n) is 5.59. The van der Waals surface area contributed by atoms with Gasteiger partial charge in [-0.1, -0.05) is 13.8 Å². The molecule has 0 saturated carbocycles. The molecule has 2 N–H and O–H groups in total. The molecular formula is C13H30N2O. The van der Waals surface area contributed by atoms with Crippen LogP contribution in [0.4, 0.5) is 0 Å². The molecule has 16 heavy (non-hydrogen) atoms. The Morgan fingerprint density at radius 1 is 1.31 bits per heavy atom. The van der Waals surface area contributed by atoms with Gasteiger partial charge in [-0.3, -0.25) is 0 Å². The number of hydrogen-bond donors (Lipinski definition) is 1. The van der Waals surface area contributed by atoms with E-state index in [2.05, 4.69) is 32.7 Å². The van der Waals surface area contributed by atoms with Crippen molar-refractivity contribution in [1.82, 2.24) is 4.90 Å². The summed E-state index contributed by atoms with van der Waals surface area (Å²) in [7, 11) is 3.92. The lowest BCUT2D eigenvalue weighted by Gasteiger charge is -2.27. The SMILES string of the molecule is COCC(C)N(C)CCCC(C)(C)CCN. The van der Waals surface area contributed by atoms with Crippen molar-refractivity contribution in [2.75, 3.05) is 33.9 Å². The molecule has 0 aliphatic carbocycles. The van der Waals surface area contributed by atoms with Crippen molar-refractivity contribution >= 4 is 0 Å². The zero-order chi connectivity index (χ0) is 12.6. The van der Waals surface area contributed by atoms with Gasteiger partial charge in [0.1, 0.15) is 0 Å². The van der Waals surface area contributed by atoms with Crippen LogP contribution in [-0.2, 0) is 4.74 Å². The smallest absolute Gasteiger partial charge is 0.0615 e. The summed E-state index contributed by atoms with van der Waals surface area (Å²) in [4.78, 5) is 2.36. The number of nitrogens with zero attached hydrogens (tertiary/aromatic N) is 1. The maximum absolute atomic E-state index is 5.61. The lowest BCUT2D eigenvalue weighted by Crippen LogP contribution is -2.34. The second kappa shape index (κ2) is 8.04. The Hall–Kier alpha value is -0.120. The van der Waals surface area contributed by atoms with Crippen LogP contribution < -0.4 is 5.73 Å². The molecule has 0 heterocycles. The van der Waals surface area contributed by atoms with Gasteiger partial charge in [-0.25, -0.2) is 0 Å². The van der Waals surface area contributed by atoms with Crippen LogP contribution in [0.15, 0.2) is 0 Å². The van der Waals surface area contributed by atoms with Crippen LogP contribution in [-0.4, -0.2) is 44.8 Å². The van der Waals surface area contributed by atoms with Crippen LogP contribution in [0, 0.1) is 5.41 Å². The molecule has 0 spiro atoms. The van der Waals surface area contributed by atoms with Crippen LogP contribution in [0.3, 0.4) is 0 Å². The van der Waals surface area contributed by atoms with Gasteiger partial charge in [0.15, 0.2) is 0 Å². The van der Waals surface area contributed by atoms with Gasteiger partial charge in [-0.15, -0.1) is 0 Å². The topological polar surface area (TPSA) is 38.5 Å². The Morgan fingerprint density at radius 3 is 2.44 bits per heavy atom. The van der Waals surface area contributed by atoms with Crippen molar-refractivity contribution in [3.63, 3.8) is 0 Å². The number of methoxy groups -OCH3 is 1. The molecule has 0 rings (SSSR count). The monoisotopic (exact) mass is 230 g/mol. The Balaban J connectivity index is 3.72. The first kappa shape index (κ1) is 15.9. The average molecular weight is 230 g/mol. The van der Waals surface area contributed by atoms with Gasteiger partial charge in [-0.05, 0) is 51.7 Å². The van der Waals surface area contributed by atoms with Gasteiger partial charge in [-0.2, -0.15) is 0 Å². The van der Waals surface area contributed by atoms with Gasteiger partial charge < -0.3 is 15.4 Å². The van der Waals surface area contributed by atoms with Gasteiger partial charge in [0.05, 0.1) is 6.61 Å². The van der Waals surface area contributed by atoms with E-state index in [0.717, 1.165) is 26.1 Å². The van der Waals surface area contributed by atoms with E-state index >= 15 is 0 Å². The predicted molar refractivity (Wildman–Crippen MR) is 70.7 cm³/mol. The molecule has 0 aliphatic rings.